The molecule has 5 heteroatoms. The molecule has 96 valence electrons. The molecule has 2 unspecified atom stereocenters. The number of likely N-dealkylation sites (N-methyl/N-ethyl adjacent to an activating group) is 1. The Balaban J connectivity index is 4.40. The van der Waals surface area contributed by atoms with Gasteiger partial charge in [-0.3, -0.25) is 9.69 Å². The fourth-order valence-electron chi connectivity index (χ4n) is 1.33. The minimum Gasteiger partial charge on any atom is -0.396 e. The topological polar surface area (TPSA) is 72.8 Å². The Morgan fingerprint density at radius 2 is 2.00 bits per heavy atom. The summed E-state index contributed by atoms with van der Waals surface area (Å²) in [5, 5.41) is 21.6. The van der Waals surface area contributed by atoms with Gasteiger partial charge in [-0.2, -0.15) is 0 Å². The third-order valence-electron chi connectivity index (χ3n) is 3.37. The number of carbonyl (C=O) groups excluding carboxylic acids is 1. The molecule has 1 amide bonds. The predicted octanol–water partition coefficient (Wildman–Crippen LogP) is -0.220. The molecule has 0 aromatic heterocycles. The molecule has 5 nitrogen and oxygen atoms in total. The number of aliphatic hydroxyl groups excluding tert-OH is 2. The summed E-state index contributed by atoms with van der Waals surface area (Å²) in [5.74, 6) is -0.134. The molecule has 0 rings (SSSR count). The minimum atomic E-state index is -0.757. The highest BCUT2D eigenvalue weighted by molar-refractivity contribution is 5.72. The van der Waals surface area contributed by atoms with E-state index in [0.29, 0.717) is 0 Å². The van der Waals surface area contributed by atoms with E-state index in [1.165, 1.54) is 6.92 Å². The summed E-state index contributed by atoms with van der Waals surface area (Å²) in [7, 11) is 1.78. The Kier molecular flexibility index (Phi) is 5.92. The molecule has 16 heavy (non-hydrogen) atoms. The van der Waals surface area contributed by atoms with Gasteiger partial charge >= 0.3 is 0 Å². The van der Waals surface area contributed by atoms with E-state index in [1.54, 1.807) is 11.9 Å². The molecule has 0 aromatic carbocycles. The van der Waals surface area contributed by atoms with Gasteiger partial charge in [-0.05, 0) is 26.8 Å². The third-order valence-corrected chi connectivity index (χ3v) is 3.37. The monoisotopic (exact) mass is 232 g/mol. The predicted molar refractivity (Wildman–Crippen MR) is 62.8 cm³/mol. The third kappa shape index (κ3) is 4.08. The van der Waals surface area contributed by atoms with Crippen molar-refractivity contribution in [1.29, 1.82) is 0 Å². The van der Waals surface area contributed by atoms with Crippen LogP contribution in [0, 0.1) is 5.92 Å². The van der Waals surface area contributed by atoms with E-state index < -0.39 is 6.23 Å². The summed E-state index contributed by atoms with van der Waals surface area (Å²) in [6.07, 6.45) is -0.757. The molecule has 3 N–H and O–H groups in total. The standard InChI is InChI=1S/C11H24N2O3/c1-8(7-14)11(3,4)13(5)10(16)6-12-9(2)15/h8,10,14,16H,6-7H2,1-5H3,(H,12,15). The first kappa shape index (κ1) is 15.3. The number of carbonyl (C=O) groups is 1. The van der Waals surface area contributed by atoms with E-state index in [-0.39, 0.29) is 30.5 Å². The normalized spacial score (nSPS) is 16.0. The maximum Gasteiger partial charge on any atom is 0.217 e. The molecule has 0 heterocycles. The van der Waals surface area contributed by atoms with Crippen molar-refractivity contribution in [3.63, 3.8) is 0 Å². The summed E-state index contributed by atoms with van der Waals surface area (Å²) in [6.45, 7) is 7.48. The van der Waals surface area contributed by atoms with Crippen molar-refractivity contribution in [3.05, 3.63) is 0 Å². The number of nitrogens with one attached hydrogen (secondary N) is 1. The van der Waals surface area contributed by atoms with Gasteiger partial charge in [0.2, 0.25) is 5.91 Å². The molecule has 0 bridgehead atoms. The zero-order valence-electron chi connectivity index (χ0n) is 10.8. The zero-order chi connectivity index (χ0) is 12.9. The summed E-state index contributed by atoms with van der Waals surface area (Å²) in [6, 6.07) is 0. The lowest BCUT2D eigenvalue weighted by molar-refractivity contribution is -0.121. The quantitative estimate of drug-likeness (QED) is 0.554. The van der Waals surface area contributed by atoms with Crippen molar-refractivity contribution in [1.82, 2.24) is 10.2 Å². The summed E-state index contributed by atoms with van der Waals surface area (Å²) in [4.78, 5) is 12.5. The minimum absolute atomic E-state index is 0.0319. The van der Waals surface area contributed by atoms with Crippen LogP contribution in [0.5, 0.6) is 0 Å². The zero-order valence-corrected chi connectivity index (χ0v) is 10.8. The van der Waals surface area contributed by atoms with Crippen LogP contribution in [0.1, 0.15) is 27.7 Å². The first-order chi connectivity index (χ1) is 7.23. The van der Waals surface area contributed by atoms with Crippen molar-refractivity contribution < 1.29 is 15.0 Å². The fraction of sp³-hybridized carbons (Fsp3) is 0.909. The number of nitrogens with zero attached hydrogens (tertiary/aromatic N) is 1. The van der Waals surface area contributed by atoms with E-state index in [1.807, 2.05) is 20.8 Å². The van der Waals surface area contributed by atoms with Crippen LogP contribution >= 0.6 is 0 Å². The second kappa shape index (κ2) is 6.18. The maximum absolute atomic E-state index is 10.7. The Hall–Kier alpha value is -0.650. The van der Waals surface area contributed by atoms with E-state index in [9.17, 15) is 9.90 Å². The summed E-state index contributed by atoms with van der Waals surface area (Å²) >= 11 is 0. The van der Waals surface area contributed by atoms with Gasteiger partial charge in [-0.25, -0.2) is 0 Å². The smallest absolute Gasteiger partial charge is 0.217 e. The van der Waals surface area contributed by atoms with E-state index in [2.05, 4.69) is 5.32 Å². The van der Waals surface area contributed by atoms with Crippen LogP contribution in [0.2, 0.25) is 0 Å². The molecule has 0 aliphatic rings. The van der Waals surface area contributed by atoms with Crippen LogP contribution in [0.3, 0.4) is 0 Å². The van der Waals surface area contributed by atoms with Gasteiger partial charge < -0.3 is 15.5 Å². The Bertz CT molecular complexity index is 231. The van der Waals surface area contributed by atoms with Crippen molar-refractivity contribution in [2.24, 2.45) is 5.92 Å². The van der Waals surface area contributed by atoms with Crippen LogP contribution in [0.15, 0.2) is 0 Å². The van der Waals surface area contributed by atoms with E-state index >= 15 is 0 Å². The van der Waals surface area contributed by atoms with Gasteiger partial charge in [0.25, 0.3) is 0 Å². The van der Waals surface area contributed by atoms with Gasteiger partial charge in [-0.15, -0.1) is 0 Å². The molecule has 2 atom stereocenters. The highest BCUT2D eigenvalue weighted by atomic mass is 16.3. The number of aliphatic hydroxyl groups is 2. The number of hydrogen-bond acceptors (Lipinski definition) is 4. The molecular weight excluding hydrogens is 208 g/mol. The van der Waals surface area contributed by atoms with Crippen LogP contribution in [0.4, 0.5) is 0 Å². The first-order valence-electron chi connectivity index (χ1n) is 5.49. The summed E-state index contributed by atoms with van der Waals surface area (Å²) < 4.78 is 0. The lowest BCUT2D eigenvalue weighted by atomic mass is 9.88. The van der Waals surface area contributed by atoms with Crippen LogP contribution in [-0.4, -0.2) is 53.0 Å². The second-order valence-corrected chi connectivity index (χ2v) is 4.77. The highest BCUT2D eigenvalue weighted by Crippen LogP contribution is 2.23. The SMILES string of the molecule is CC(=O)NCC(O)N(C)C(C)(C)C(C)CO. The van der Waals surface area contributed by atoms with Gasteiger partial charge in [0, 0.05) is 19.1 Å². The Morgan fingerprint density at radius 3 is 2.38 bits per heavy atom. The molecule has 0 radical (unpaired) electrons. The number of hydrogen-bond donors (Lipinski definition) is 3. The maximum atomic E-state index is 10.7. The van der Waals surface area contributed by atoms with Gasteiger partial charge in [0.15, 0.2) is 0 Å². The van der Waals surface area contributed by atoms with Crippen LogP contribution in [0.25, 0.3) is 0 Å². The lowest BCUT2D eigenvalue weighted by Gasteiger charge is -2.42. The average molecular weight is 232 g/mol. The largest absolute Gasteiger partial charge is 0.396 e. The molecule has 0 spiro atoms. The molecule has 0 aromatic rings. The molecule has 0 fully saturated rings. The molecule has 0 aliphatic heterocycles. The molecule has 0 saturated carbocycles. The van der Waals surface area contributed by atoms with Crippen LogP contribution in [-0.2, 0) is 4.79 Å². The van der Waals surface area contributed by atoms with E-state index in [4.69, 9.17) is 5.11 Å². The first-order valence-corrected chi connectivity index (χ1v) is 5.49. The molecule has 0 saturated heterocycles. The van der Waals surface area contributed by atoms with Crippen molar-refractivity contribution in [3.8, 4) is 0 Å². The number of amides is 1. The highest BCUT2D eigenvalue weighted by Gasteiger charge is 2.33. The molecule has 0 aliphatic carbocycles. The van der Waals surface area contributed by atoms with Crippen molar-refractivity contribution >= 4 is 5.91 Å². The molecular formula is C11H24N2O3. The second-order valence-electron chi connectivity index (χ2n) is 4.77. The fourth-order valence-corrected chi connectivity index (χ4v) is 1.33. The lowest BCUT2D eigenvalue weighted by Crippen LogP contribution is -2.55. The average Bonchev–Trinajstić information content (AvgIpc) is 2.23. The van der Waals surface area contributed by atoms with Crippen LogP contribution < -0.4 is 5.32 Å². The Morgan fingerprint density at radius 1 is 1.50 bits per heavy atom. The Labute approximate surface area is 97.4 Å². The van der Waals surface area contributed by atoms with Gasteiger partial charge in [-0.1, -0.05) is 6.92 Å². The van der Waals surface area contributed by atoms with Crippen molar-refractivity contribution in [2.75, 3.05) is 20.2 Å². The van der Waals surface area contributed by atoms with Gasteiger partial charge in [0.05, 0.1) is 6.54 Å². The van der Waals surface area contributed by atoms with Gasteiger partial charge in [0.1, 0.15) is 6.23 Å². The van der Waals surface area contributed by atoms with Crippen molar-refractivity contribution in [2.45, 2.75) is 39.5 Å². The summed E-state index contributed by atoms with van der Waals surface area (Å²) in [5.41, 5.74) is -0.341. The van der Waals surface area contributed by atoms with E-state index in [0.717, 1.165) is 0 Å². The number of rotatable bonds is 6.